The van der Waals surface area contributed by atoms with Gasteiger partial charge < -0.3 is 9.84 Å². The lowest BCUT2D eigenvalue weighted by atomic mass is 9.84. The molecule has 0 aromatic heterocycles. The van der Waals surface area contributed by atoms with Gasteiger partial charge in [0.05, 0.1) is 13.2 Å². The Morgan fingerprint density at radius 3 is 2.50 bits per heavy atom. The highest BCUT2D eigenvalue weighted by Crippen LogP contribution is 2.47. The van der Waals surface area contributed by atoms with E-state index in [4.69, 9.17) is 4.74 Å². The molecule has 2 bridgehead atoms. The Balaban J connectivity index is 1.53. The van der Waals surface area contributed by atoms with E-state index >= 15 is 0 Å². The first-order valence-corrected chi connectivity index (χ1v) is 6.79. The van der Waals surface area contributed by atoms with Gasteiger partial charge in [-0.3, -0.25) is 0 Å². The van der Waals surface area contributed by atoms with Crippen molar-refractivity contribution in [2.75, 3.05) is 13.2 Å². The molecule has 2 aliphatic rings. The first kappa shape index (κ1) is 11.9. The van der Waals surface area contributed by atoms with E-state index < -0.39 is 0 Å². The van der Waals surface area contributed by atoms with Crippen LogP contribution in [0.25, 0.3) is 0 Å². The van der Waals surface area contributed by atoms with E-state index in [0.717, 1.165) is 6.61 Å². The quantitative estimate of drug-likeness (QED) is 0.807. The van der Waals surface area contributed by atoms with E-state index in [1.807, 2.05) is 18.2 Å². The number of benzene rings is 1. The molecule has 1 aromatic carbocycles. The van der Waals surface area contributed by atoms with Crippen LogP contribution in [0.4, 0.5) is 0 Å². The molecule has 2 aliphatic carbocycles. The van der Waals surface area contributed by atoms with E-state index in [9.17, 15) is 5.11 Å². The van der Waals surface area contributed by atoms with Gasteiger partial charge in [0.25, 0.3) is 0 Å². The summed E-state index contributed by atoms with van der Waals surface area (Å²) < 4.78 is 5.84. The van der Waals surface area contributed by atoms with Crippen LogP contribution >= 0.6 is 0 Å². The first-order chi connectivity index (χ1) is 8.88. The summed E-state index contributed by atoms with van der Waals surface area (Å²) in [6.45, 7) is 1.74. The number of rotatable bonds is 5. The van der Waals surface area contributed by atoms with Crippen molar-refractivity contribution in [2.45, 2.75) is 13.0 Å². The van der Waals surface area contributed by atoms with Crippen molar-refractivity contribution in [3.05, 3.63) is 48.0 Å². The van der Waals surface area contributed by atoms with Gasteiger partial charge in [-0.2, -0.15) is 0 Å². The zero-order chi connectivity index (χ0) is 12.4. The van der Waals surface area contributed by atoms with Gasteiger partial charge >= 0.3 is 0 Å². The molecule has 1 aromatic rings. The van der Waals surface area contributed by atoms with Crippen molar-refractivity contribution >= 4 is 0 Å². The Hall–Kier alpha value is -1.12. The number of hydrogen-bond donors (Lipinski definition) is 1. The van der Waals surface area contributed by atoms with Crippen LogP contribution in [0.3, 0.4) is 0 Å². The fourth-order valence-corrected chi connectivity index (χ4v) is 3.43. The molecule has 0 heterocycles. The van der Waals surface area contributed by atoms with Crippen LogP contribution in [-0.4, -0.2) is 18.3 Å². The fourth-order valence-electron chi connectivity index (χ4n) is 3.43. The van der Waals surface area contributed by atoms with Gasteiger partial charge in [-0.05, 0) is 35.7 Å². The second kappa shape index (κ2) is 5.25. The maximum absolute atomic E-state index is 9.49. The van der Waals surface area contributed by atoms with Gasteiger partial charge in [0.1, 0.15) is 0 Å². The van der Waals surface area contributed by atoms with Gasteiger partial charge in [0.15, 0.2) is 0 Å². The molecule has 0 spiro atoms. The van der Waals surface area contributed by atoms with Crippen LogP contribution in [-0.2, 0) is 11.3 Å². The molecule has 3 rings (SSSR count). The molecular formula is C16H20O2. The zero-order valence-electron chi connectivity index (χ0n) is 10.5. The van der Waals surface area contributed by atoms with Gasteiger partial charge in [-0.15, -0.1) is 0 Å². The van der Waals surface area contributed by atoms with Crippen molar-refractivity contribution in [2.24, 2.45) is 23.7 Å². The molecule has 4 atom stereocenters. The lowest BCUT2D eigenvalue weighted by Crippen LogP contribution is -2.26. The third kappa shape index (κ3) is 2.23. The van der Waals surface area contributed by atoms with E-state index in [-0.39, 0.29) is 0 Å². The molecule has 1 fully saturated rings. The highest BCUT2D eigenvalue weighted by Gasteiger charge is 2.43. The van der Waals surface area contributed by atoms with Crippen LogP contribution < -0.4 is 0 Å². The third-order valence-corrected chi connectivity index (χ3v) is 4.43. The van der Waals surface area contributed by atoms with Crippen LogP contribution in [0, 0.1) is 23.7 Å². The topological polar surface area (TPSA) is 29.5 Å². The van der Waals surface area contributed by atoms with Crippen LogP contribution in [0.2, 0.25) is 0 Å². The summed E-state index contributed by atoms with van der Waals surface area (Å²) in [4.78, 5) is 0. The van der Waals surface area contributed by atoms with Gasteiger partial charge in [0, 0.05) is 6.61 Å². The summed E-state index contributed by atoms with van der Waals surface area (Å²) in [5.74, 6) is 2.14. The summed E-state index contributed by atoms with van der Waals surface area (Å²) in [6.07, 6.45) is 5.80. The number of ether oxygens (including phenoxy) is 1. The highest BCUT2D eigenvalue weighted by molar-refractivity contribution is 5.14. The van der Waals surface area contributed by atoms with Gasteiger partial charge in [0.2, 0.25) is 0 Å². The Kier molecular flexibility index (Phi) is 3.48. The van der Waals surface area contributed by atoms with Crippen molar-refractivity contribution in [3.8, 4) is 0 Å². The monoisotopic (exact) mass is 244 g/mol. The predicted molar refractivity (Wildman–Crippen MR) is 70.9 cm³/mol. The predicted octanol–water partition coefficient (Wildman–Crippen LogP) is 2.63. The third-order valence-electron chi connectivity index (χ3n) is 4.43. The SMILES string of the molecule is OC[C@@H]1[C@H](COCc2ccccc2)[C@@H]2C=C[C@H]1C2. The molecule has 0 aliphatic heterocycles. The standard InChI is InChI=1S/C16H20O2/c17-9-15-13-6-7-14(8-13)16(15)11-18-10-12-4-2-1-3-5-12/h1-7,13-17H,8-11H2/t13-,14+,15-,16+/m0/s1. The summed E-state index contributed by atoms with van der Waals surface area (Å²) in [5, 5.41) is 9.49. The molecule has 0 unspecified atom stereocenters. The number of fused-ring (bicyclic) bond motifs is 2. The molecule has 0 radical (unpaired) electrons. The minimum Gasteiger partial charge on any atom is -0.396 e. The van der Waals surface area contributed by atoms with E-state index in [1.54, 1.807) is 0 Å². The first-order valence-electron chi connectivity index (χ1n) is 6.79. The number of allylic oxidation sites excluding steroid dienone is 2. The molecule has 0 amide bonds. The van der Waals surface area contributed by atoms with Crippen LogP contribution in [0.5, 0.6) is 0 Å². The Labute approximate surface area is 108 Å². The van der Waals surface area contributed by atoms with Gasteiger partial charge in [-0.1, -0.05) is 42.5 Å². The smallest absolute Gasteiger partial charge is 0.0717 e. The molecule has 96 valence electrons. The maximum atomic E-state index is 9.49. The molecule has 1 N–H and O–H groups in total. The van der Waals surface area contributed by atoms with E-state index in [2.05, 4.69) is 24.3 Å². The van der Waals surface area contributed by atoms with E-state index in [0.29, 0.717) is 36.9 Å². The number of aliphatic hydroxyl groups is 1. The molecular weight excluding hydrogens is 224 g/mol. The lowest BCUT2D eigenvalue weighted by molar-refractivity contribution is 0.0449. The summed E-state index contributed by atoms with van der Waals surface area (Å²) in [6, 6.07) is 10.3. The Bertz CT molecular complexity index is 412. The molecule has 2 nitrogen and oxygen atoms in total. The number of hydrogen-bond acceptors (Lipinski definition) is 2. The molecule has 18 heavy (non-hydrogen) atoms. The molecule has 2 heteroatoms. The Morgan fingerprint density at radius 2 is 1.78 bits per heavy atom. The summed E-state index contributed by atoms with van der Waals surface area (Å²) in [5.41, 5.74) is 1.22. The second-order valence-electron chi connectivity index (χ2n) is 5.46. The van der Waals surface area contributed by atoms with Crippen LogP contribution in [0.1, 0.15) is 12.0 Å². The Morgan fingerprint density at radius 1 is 1.06 bits per heavy atom. The molecule has 1 saturated carbocycles. The van der Waals surface area contributed by atoms with Crippen molar-refractivity contribution < 1.29 is 9.84 Å². The maximum Gasteiger partial charge on any atom is 0.0717 e. The van der Waals surface area contributed by atoms with Crippen molar-refractivity contribution in [3.63, 3.8) is 0 Å². The lowest BCUT2D eigenvalue weighted by Gasteiger charge is -2.26. The van der Waals surface area contributed by atoms with Gasteiger partial charge in [-0.25, -0.2) is 0 Å². The summed E-state index contributed by atoms with van der Waals surface area (Å²) >= 11 is 0. The van der Waals surface area contributed by atoms with Crippen LogP contribution in [0.15, 0.2) is 42.5 Å². The van der Waals surface area contributed by atoms with Crippen molar-refractivity contribution in [1.29, 1.82) is 0 Å². The zero-order valence-corrected chi connectivity index (χ0v) is 10.5. The fraction of sp³-hybridized carbons (Fsp3) is 0.500. The average molecular weight is 244 g/mol. The minimum absolute atomic E-state index is 0.296. The number of aliphatic hydroxyl groups excluding tert-OH is 1. The molecule has 0 saturated heterocycles. The average Bonchev–Trinajstić information content (AvgIpc) is 3.00. The second-order valence-corrected chi connectivity index (χ2v) is 5.46. The largest absolute Gasteiger partial charge is 0.396 e. The van der Waals surface area contributed by atoms with Crippen molar-refractivity contribution in [1.82, 2.24) is 0 Å². The van der Waals surface area contributed by atoms with E-state index in [1.165, 1.54) is 12.0 Å². The summed E-state index contributed by atoms with van der Waals surface area (Å²) in [7, 11) is 0. The highest BCUT2D eigenvalue weighted by atomic mass is 16.5. The normalized spacial score (nSPS) is 33.2. The minimum atomic E-state index is 0.296.